The zero-order valence-electron chi connectivity index (χ0n) is 12.1. The summed E-state index contributed by atoms with van der Waals surface area (Å²) in [6.45, 7) is 1.87. The molecule has 0 fully saturated rings. The maximum absolute atomic E-state index is 11.8. The molecule has 1 unspecified atom stereocenters. The molecule has 116 valence electrons. The van der Waals surface area contributed by atoms with Crippen molar-refractivity contribution in [2.45, 2.75) is 13.5 Å². The Morgan fingerprint density at radius 1 is 1.41 bits per heavy atom. The Bertz CT molecular complexity index is 637. The predicted molar refractivity (Wildman–Crippen MR) is 81.1 cm³/mol. The summed E-state index contributed by atoms with van der Waals surface area (Å²) in [6.07, 6.45) is 1.29. The molecule has 0 saturated heterocycles. The number of hydrogen-bond acceptors (Lipinski definition) is 5. The van der Waals surface area contributed by atoms with Crippen molar-refractivity contribution in [3.63, 3.8) is 0 Å². The van der Waals surface area contributed by atoms with Gasteiger partial charge in [-0.1, -0.05) is 28.9 Å². The van der Waals surface area contributed by atoms with Crippen molar-refractivity contribution in [3.8, 4) is 0 Å². The number of rotatable bonds is 5. The molecule has 1 atom stereocenters. The molecule has 1 amide bonds. The van der Waals surface area contributed by atoms with Crippen LogP contribution in [0, 0.1) is 5.92 Å². The van der Waals surface area contributed by atoms with Gasteiger partial charge < -0.3 is 14.9 Å². The third kappa shape index (κ3) is 3.65. The van der Waals surface area contributed by atoms with Crippen LogP contribution < -0.4 is 5.32 Å². The van der Waals surface area contributed by atoms with E-state index in [0.717, 1.165) is 5.56 Å². The maximum Gasteiger partial charge on any atom is 0.336 e. The van der Waals surface area contributed by atoms with Crippen LogP contribution >= 0.6 is 11.6 Å². The van der Waals surface area contributed by atoms with Crippen molar-refractivity contribution in [2.75, 3.05) is 7.11 Å². The third-order valence-electron chi connectivity index (χ3n) is 3.14. The quantitative estimate of drug-likeness (QED) is 0.511. The van der Waals surface area contributed by atoms with Crippen LogP contribution in [0.4, 0.5) is 0 Å². The van der Waals surface area contributed by atoms with E-state index in [-0.39, 0.29) is 18.1 Å². The molecule has 1 aliphatic rings. The molecule has 0 saturated carbocycles. The average molecular weight is 323 g/mol. The number of ether oxygens (including phenoxy) is 1. The van der Waals surface area contributed by atoms with Gasteiger partial charge in [-0.25, -0.2) is 4.79 Å². The molecule has 0 spiro atoms. The summed E-state index contributed by atoms with van der Waals surface area (Å²) in [5, 5.41) is 6.97. The molecule has 2 rings (SSSR count). The van der Waals surface area contributed by atoms with Crippen LogP contribution in [0.25, 0.3) is 0 Å². The molecule has 0 aromatic heterocycles. The smallest absolute Gasteiger partial charge is 0.336 e. The molecule has 1 aromatic rings. The normalized spacial score (nSPS) is 17.8. The predicted octanol–water partition coefficient (Wildman–Crippen LogP) is 2.04. The first kappa shape index (κ1) is 16.0. The summed E-state index contributed by atoms with van der Waals surface area (Å²) >= 11 is 5.78. The molecule has 0 aliphatic carbocycles. The summed E-state index contributed by atoms with van der Waals surface area (Å²) in [6, 6.07) is 7.11. The molecule has 22 heavy (non-hydrogen) atoms. The number of allylic oxidation sites excluding steroid dienone is 1. The van der Waals surface area contributed by atoms with E-state index >= 15 is 0 Å². The number of methoxy groups -OCH3 is 1. The van der Waals surface area contributed by atoms with E-state index in [2.05, 4.69) is 15.2 Å². The lowest BCUT2D eigenvalue weighted by Gasteiger charge is -2.05. The van der Waals surface area contributed by atoms with E-state index in [1.807, 2.05) is 12.1 Å². The summed E-state index contributed by atoms with van der Waals surface area (Å²) in [4.78, 5) is 28.6. The summed E-state index contributed by atoms with van der Waals surface area (Å²) < 4.78 is 4.67. The molecule has 7 heteroatoms. The van der Waals surface area contributed by atoms with E-state index in [4.69, 9.17) is 16.4 Å². The van der Waals surface area contributed by atoms with E-state index in [1.54, 1.807) is 19.1 Å². The van der Waals surface area contributed by atoms with Crippen LogP contribution in [-0.2, 0) is 25.8 Å². The van der Waals surface area contributed by atoms with Crippen molar-refractivity contribution >= 4 is 29.7 Å². The Morgan fingerprint density at radius 2 is 2.09 bits per heavy atom. The van der Waals surface area contributed by atoms with E-state index in [1.165, 1.54) is 13.3 Å². The summed E-state index contributed by atoms with van der Waals surface area (Å²) in [5.41, 5.74) is 1.59. The first-order chi connectivity index (χ1) is 10.5. The van der Waals surface area contributed by atoms with Crippen LogP contribution in [0.15, 0.2) is 40.7 Å². The number of oxime groups is 1. The van der Waals surface area contributed by atoms with Crippen molar-refractivity contribution in [2.24, 2.45) is 11.1 Å². The highest BCUT2D eigenvalue weighted by Crippen LogP contribution is 2.21. The van der Waals surface area contributed by atoms with Crippen LogP contribution in [-0.4, -0.2) is 25.2 Å². The second-order valence-electron chi connectivity index (χ2n) is 4.65. The lowest BCUT2D eigenvalue weighted by atomic mass is 10.0. The van der Waals surface area contributed by atoms with Crippen molar-refractivity contribution in [1.29, 1.82) is 0 Å². The van der Waals surface area contributed by atoms with Gasteiger partial charge in [0.25, 0.3) is 0 Å². The summed E-state index contributed by atoms with van der Waals surface area (Å²) in [7, 11) is 1.26. The minimum Gasteiger partial charge on any atom is -0.466 e. The molecule has 1 heterocycles. The van der Waals surface area contributed by atoms with Crippen molar-refractivity contribution < 1.29 is 19.2 Å². The summed E-state index contributed by atoms with van der Waals surface area (Å²) in [5.74, 6) is -1.71. The molecular weight excluding hydrogens is 308 g/mol. The van der Waals surface area contributed by atoms with Gasteiger partial charge in [-0.2, -0.15) is 0 Å². The van der Waals surface area contributed by atoms with Gasteiger partial charge in [-0.3, -0.25) is 4.79 Å². The van der Waals surface area contributed by atoms with Gasteiger partial charge in [-0.15, -0.1) is 0 Å². The first-order valence-electron chi connectivity index (χ1n) is 6.52. The van der Waals surface area contributed by atoms with Gasteiger partial charge in [0.1, 0.15) is 12.5 Å². The number of esters is 1. The van der Waals surface area contributed by atoms with Crippen LogP contribution in [0.1, 0.15) is 12.5 Å². The fraction of sp³-hybridized carbons (Fsp3) is 0.267. The number of nitrogens with one attached hydrogen (secondary N) is 1. The van der Waals surface area contributed by atoms with Gasteiger partial charge in [0.2, 0.25) is 5.91 Å². The lowest BCUT2D eigenvalue weighted by molar-refractivity contribution is -0.137. The molecular formula is C15H15ClN2O4. The molecule has 0 bridgehead atoms. The number of hydrogen-bond donors (Lipinski definition) is 1. The third-order valence-corrected chi connectivity index (χ3v) is 3.39. The minimum absolute atomic E-state index is 0.234. The number of carbonyl (C=O) groups excluding carboxylic acids is 2. The lowest BCUT2D eigenvalue weighted by Crippen LogP contribution is -2.24. The standard InChI is InChI=1S/C15H15ClN2O4/c1-9-13(15(20)21-2)12(14(19)18-9)7-17-22-8-10-3-5-11(16)6-4-10/h3-7,12H,8H2,1-2H3,(H,18,19)/b17-7+. The highest BCUT2D eigenvalue weighted by Gasteiger charge is 2.35. The van der Waals surface area contributed by atoms with Gasteiger partial charge in [0.05, 0.1) is 18.9 Å². The topological polar surface area (TPSA) is 77.0 Å². The molecule has 1 aliphatic heterocycles. The zero-order valence-corrected chi connectivity index (χ0v) is 12.9. The number of carbonyl (C=O) groups is 2. The number of halogens is 1. The van der Waals surface area contributed by atoms with Crippen LogP contribution in [0.5, 0.6) is 0 Å². The second kappa shape index (κ2) is 7.09. The maximum atomic E-state index is 11.8. The van der Waals surface area contributed by atoms with Crippen LogP contribution in [0.2, 0.25) is 5.02 Å². The average Bonchev–Trinajstić information content (AvgIpc) is 2.78. The van der Waals surface area contributed by atoms with Crippen molar-refractivity contribution in [3.05, 3.63) is 46.1 Å². The highest BCUT2D eigenvalue weighted by atomic mass is 35.5. The highest BCUT2D eigenvalue weighted by molar-refractivity contribution is 6.30. The monoisotopic (exact) mass is 322 g/mol. The fourth-order valence-electron chi connectivity index (χ4n) is 2.02. The van der Waals surface area contributed by atoms with Gasteiger partial charge in [0, 0.05) is 10.7 Å². The molecule has 1 aromatic carbocycles. The minimum atomic E-state index is -0.808. The van der Waals surface area contributed by atoms with E-state index in [0.29, 0.717) is 10.7 Å². The first-order valence-corrected chi connectivity index (χ1v) is 6.90. The van der Waals surface area contributed by atoms with Gasteiger partial charge >= 0.3 is 5.97 Å². The SMILES string of the molecule is COC(=O)C1=C(C)NC(=O)C1/C=N/OCc1ccc(Cl)cc1. The Morgan fingerprint density at radius 3 is 2.73 bits per heavy atom. The molecule has 0 radical (unpaired) electrons. The Labute approximate surface area is 132 Å². The van der Waals surface area contributed by atoms with Crippen LogP contribution in [0.3, 0.4) is 0 Å². The van der Waals surface area contributed by atoms with E-state index < -0.39 is 11.9 Å². The molecule has 1 N–H and O–H groups in total. The fourth-order valence-corrected chi connectivity index (χ4v) is 2.15. The number of nitrogens with zero attached hydrogens (tertiary/aromatic N) is 1. The van der Waals surface area contributed by atoms with Crippen molar-refractivity contribution in [1.82, 2.24) is 5.32 Å². The number of amides is 1. The number of benzene rings is 1. The largest absolute Gasteiger partial charge is 0.466 e. The van der Waals surface area contributed by atoms with E-state index in [9.17, 15) is 9.59 Å². The molecule has 6 nitrogen and oxygen atoms in total. The van der Waals surface area contributed by atoms with Gasteiger partial charge in [-0.05, 0) is 24.6 Å². The Kier molecular flexibility index (Phi) is 5.16. The zero-order chi connectivity index (χ0) is 16.1. The van der Waals surface area contributed by atoms with Gasteiger partial charge in [0.15, 0.2) is 0 Å². The Hall–Kier alpha value is -2.34. The second-order valence-corrected chi connectivity index (χ2v) is 5.09. The Balaban J connectivity index is 1.98.